The van der Waals surface area contributed by atoms with Crippen molar-refractivity contribution >= 4 is 11.6 Å². The van der Waals surface area contributed by atoms with Crippen LogP contribution in [0.15, 0.2) is 48.5 Å². The lowest BCUT2D eigenvalue weighted by Gasteiger charge is -2.19. The van der Waals surface area contributed by atoms with E-state index < -0.39 is 0 Å². The second kappa shape index (κ2) is 8.01. The zero-order valence-corrected chi connectivity index (χ0v) is 12.7. The molecule has 0 spiro atoms. The SMILES string of the molecule is CCNC(COc1ccccc1)Cc1cccc(F)c1Cl. The minimum atomic E-state index is -0.381. The molecule has 112 valence electrons. The van der Waals surface area contributed by atoms with E-state index in [4.69, 9.17) is 16.3 Å². The van der Waals surface area contributed by atoms with Crippen LogP contribution < -0.4 is 10.1 Å². The number of hydrogen-bond acceptors (Lipinski definition) is 2. The number of halogens is 2. The van der Waals surface area contributed by atoms with E-state index in [2.05, 4.69) is 5.32 Å². The van der Waals surface area contributed by atoms with Crippen molar-refractivity contribution in [1.29, 1.82) is 0 Å². The average Bonchev–Trinajstić information content (AvgIpc) is 2.50. The molecule has 2 nitrogen and oxygen atoms in total. The molecule has 2 rings (SSSR count). The minimum absolute atomic E-state index is 0.0782. The van der Waals surface area contributed by atoms with Crippen LogP contribution in [0.4, 0.5) is 4.39 Å². The molecule has 0 heterocycles. The van der Waals surface area contributed by atoms with Crippen molar-refractivity contribution in [3.63, 3.8) is 0 Å². The third kappa shape index (κ3) is 4.73. The fourth-order valence-corrected chi connectivity index (χ4v) is 2.37. The van der Waals surface area contributed by atoms with Crippen LogP contribution in [-0.2, 0) is 6.42 Å². The van der Waals surface area contributed by atoms with Crippen LogP contribution in [0.25, 0.3) is 0 Å². The van der Waals surface area contributed by atoms with Crippen LogP contribution in [0, 0.1) is 5.82 Å². The van der Waals surface area contributed by atoms with Gasteiger partial charge in [-0.25, -0.2) is 4.39 Å². The highest BCUT2D eigenvalue weighted by Gasteiger charge is 2.13. The monoisotopic (exact) mass is 307 g/mol. The molecule has 0 saturated heterocycles. The molecule has 21 heavy (non-hydrogen) atoms. The highest BCUT2D eigenvalue weighted by Crippen LogP contribution is 2.21. The molecule has 0 aliphatic heterocycles. The van der Waals surface area contributed by atoms with E-state index in [9.17, 15) is 4.39 Å². The molecule has 0 aliphatic rings. The van der Waals surface area contributed by atoms with Gasteiger partial charge in [0.05, 0.1) is 5.02 Å². The Balaban J connectivity index is 2.00. The second-order valence-electron chi connectivity index (χ2n) is 4.80. The van der Waals surface area contributed by atoms with Crippen LogP contribution >= 0.6 is 11.6 Å². The summed E-state index contributed by atoms with van der Waals surface area (Å²) in [5.74, 6) is 0.444. The maximum Gasteiger partial charge on any atom is 0.142 e. The quantitative estimate of drug-likeness (QED) is 0.832. The number of para-hydroxylation sites is 1. The van der Waals surface area contributed by atoms with Gasteiger partial charge in [-0.15, -0.1) is 0 Å². The third-order valence-electron chi connectivity index (χ3n) is 3.19. The first kappa shape index (κ1) is 15.8. The van der Waals surface area contributed by atoms with Crippen molar-refractivity contribution in [3.8, 4) is 5.75 Å². The van der Waals surface area contributed by atoms with Crippen molar-refractivity contribution in [1.82, 2.24) is 5.32 Å². The Morgan fingerprint density at radius 2 is 1.90 bits per heavy atom. The van der Waals surface area contributed by atoms with E-state index in [1.807, 2.05) is 43.3 Å². The van der Waals surface area contributed by atoms with Gasteiger partial charge >= 0.3 is 0 Å². The molecular formula is C17H19ClFNO. The molecule has 1 unspecified atom stereocenters. The summed E-state index contributed by atoms with van der Waals surface area (Å²) in [4.78, 5) is 0. The molecular weight excluding hydrogens is 289 g/mol. The molecule has 0 bridgehead atoms. The van der Waals surface area contributed by atoms with Gasteiger partial charge in [0.25, 0.3) is 0 Å². The van der Waals surface area contributed by atoms with Gasteiger partial charge in [-0.2, -0.15) is 0 Å². The van der Waals surface area contributed by atoms with Gasteiger partial charge in [-0.05, 0) is 36.7 Å². The van der Waals surface area contributed by atoms with Gasteiger partial charge < -0.3 is 10.1 Å². The number of likely N-dealkylation sites (N-methyl/N-ethyl adjacent to an activating group) is 1. The topological polar surface area (TPSA) is 21.3 Å². The largest absolute Gasteiger partial charge is 0.492 e. The lowest BCUT2D eigenvalue weighted by Crippen LogP contribution is -2.36. The first-order chi connectivity index (χ1) is 10.2. The summed E-state index contributed by atoms with van der Waals surface area (Å²) >= 11 is 6.01. The van der Waals surface area contributed by atoms with Crippen LogP contribution in [0.3, 0.4) is 0 Å². The molecule has 1 atom stereocenters. The number of benzene rings is 2. The Hall–Kier alpha value is -1.58. The fourth-order valence-electron chi connectivity index (χ4n) is 2.16. The zero-order valence-electron chi connectivity index (χ0n) is 12.0. The highest BCUT2D eigenvalue weighted by atomic mass is 35.5. The molecule has 0 saturated carbocycles. The average molecular weight is 308 g/mol. The molecule has 1 N–H and O–H groups in total. The molecule has 0 aliphatic carbocycles. The van der Waals surface area contributed by atoms with E-state index in [1.165, 1.54) is 6.07 Å². The highest BCUT2D eigenvalue weighted by molar-refractivity contribution is 6.31. The first-order valence-electron chi connectivity index (χ1n) is 7.04. The summed E-state index contributed by atoms with van der Waals surface area (Å²) in [7, 11) is 0. The van der Waals surface area contributed by atoms with E-state index in [0.717, 1.165) is 17.9 Å². The van der Waals surface area contributed by atoms with Crippen LogP contribution in [0.5, 0.6) is 5.75 Å². The number of hydrogen-bond donors (Lipinski definition) is 1. The minimum Gasteiger partial charge on any atom is -0.492 e. The Morgan fingerprint density at radius 1 is 1.14 bits per heavy atom. The smallest absolute Gasteiger partial charge is 0.142 e. The molecule has 0 amide bonds. The second-order valence-corrected chi connectivity index (χ2v) is 5.17. The Bertz CT molecular complexity index is 562. The molecule has 0 aromatic heterocycles. The summed E-state index contributed by atoms with van der Waals surface area (Å²) in [6, 6.07) is 14.6. The maximum absolute atomic E-state index is 13.5. The predicted molar refractivity (Wildman–Crippen MR) is 84.5 cm³/mol. The summed E-state index contributed by atoms with van der Waals surface area (Å²) < 4.78 is 19.2. The Labute approximate surface area is 129 Å². The summed E-state index contributed by atoms with van der Waals surface area (Å²) in [5, 5.41) is 3.54. The van der Waals surface area contributed by atoms with Gasteiger partial charge in [-0.3, -0.25) is 0 Å². The molecule has 4 heteroatoms. The summed E-state index contributed by atoms with van der Waals surface area (Å²) in [6.45, 7) is 3.35. The van der Waals surface area contributed by atoms with E-state index in [-0.39, 0.29) is 16.9 Å². The van der Waals surface area contributed by atoms with E-state index in [0.29, 0.717) is 13.0 Å². The van der Waals surface area contributed by atoms with Crippen molar-refractivity contribution in [2.45, 2.75) is 19.4 Å². The first-order valence-corrected chi connectivity index (χ1v) is 7.42. The number of rotatable bonds is 7. The fraction of sp³-hybridized carbons (Fsp3) is 0.294. The lowest BCUT2D eigenvalue weighted by molar-refractivity contribution is 0.265. The van der Waals surface area contributed by atoms with Crippen molar-refractivity contribution in [3.05, 3.63) is 64.9 Å². The molecule has 2 aromatic carbocycles. The van der Waals surface area contributed by atoms with Crippen LogP contribution in [0.2, 0.25) is 5.02 Å². The summed E-state index contributed by atoms with van der Waals surface area (Å²) in [6.07, 6.45) is 0.622. The lowest BCUT2D eigenvalue weighted by atomic mass is 10.1. The van der Waals surface area contributed by atoms with Gasteiger partial charge in [0.1, 0.15) is 18.2 Å². The van der Waals surface area contributed by atoms with Gasteiger partial charge in [0.2, 0.25) is 0 Å². The summed E-state index contributed by atoms with van der Waals surface area (Å²) in [5.41, 5.74) is 0.791. The number of ether oxygens (including phenoxy) is 1. The van der Waals surface area contributed by atoms with Crippen molar-refractivity contribution in [2.24, 2.45) is 0 Å². The van der Waals surface area contributed by atoms with Crippen LogP contribution in [-0.4, -0.2) is 19.2 Å². The Kier molecular flexibility index (Phi) is 6.03. The van der Waals surface area contributed by atoms with E-state index in [1.54, 1.807) is 6.07 Å². The van der Waals surface area contributed by atoms with Gasteiger partial charge in [0, 0.05) is 6.04 Å². The third-order valence-corrected chi connectivity index (χ3v) is 3.61. The maximum atomic E-state index is 13.5. The molecule has 0 fully saturated rings. The van der Waals surface area contributed by atoms with Gasteiger partial charge in [-0.1, -0.05) is 48.9 Å². The normalized spacial score (nSPS) is 12.1. The predicted octanol–water partition coefficient (Wildman–Crippen LogP) is 4.08. The molecule has 0 radical (unpaired) electrons. The zero-order chi connectivity index (χ0) is 15.1. The van der Waals surface area contributed by atoms with Gasteiger partial charge in [0.15, 0.2) is 0 Å². The van der Waals surface area contributed by atoms with Crippen molar-refractivity contribution in [2.75, 3.05) is 13.2 Å². The molecule has 2 aromatic rings. The van der Waals surface area contributed by atoms with Crippen molar-refractivity contribution < 1.29 is 9.13 Å². The standard InChI is InChI=1S/C17H19ClFNO/c1-2-20-14(12-21-15-8-4-3-5-9-15)11-13-7-6-10-16(19)17(13)18/h3-10,14,20H,2,11-12H2,1H3. The number of nitrogens with one attached hydrogen (secondary N) is 1. The Morgan fingerprint density at radius 3 is 2.62 bits per heavy atom. The van der Waals surface area contributed by atoms with E-state index >= 15 is 0 Å². The van der Waals surface area contributed by atoms with Crippen LogP contribution in [0.1, 0.15) is 12.5 Å².